The lowest BCUT2D eigenvalue weighted by molar-refractivity contribution is -0.144. The van der Waals surface area contributed by atoms with Gasteiger partial charge >= 0.3 is 5.97 Å². The molecule has 82 valence electrons. The molecule has 0 heterocycles. The van der Waals surface area contributed by atoms with E-state index < -0.39 is 12.0 Å². The molecule has 0 aliphatic carbocycles. The Bertz CT molecular complexity index is 338. The minimum atomic E-state index is -0.674. The van der Waals surface area contributed by atoms with Gasteiger partial charge in [-0.25, -0.2) is 0 Å². The monoisotopic (exact) mass is 209 g/mol. The molecule has 0 amide bonds. The van der Waals surface area contributed by atoms with Crippen molar-refractivity contribution in [2.45, 2.75) is 19.4 Å². The molecule has 1 atom stereocenters. The van der Waals surface area contributed by atoms with Crippen LogP contribution in [0.3, 0.4) is 0 Å². The standard InChI is InChI=1S/C11H15NO3/c1-2-15-11(14)10(12)7-8-4-3-5-9(13)6-8/h3-6,10,13H,2,7,12H2,1H3/t10-/m0/s1. The minimum Gasteiger partial charge on any atom is -0.508 e. The van der Waals surface area contributed by atoms with E-state index in [1.165, 1.54) is 0 Å². The highest BCUT2D eigenvalue weighted by atomic mass is 16.5. The molecule has 1 aromatic rings. The number of carbonyl (C=O) groups excluding carboxylic acids is 1. The van der Waals surface area contributed by atoms with Crippen LogP contribution in [0.5, 0.6) is 5.75 Å². The van der Waals surface area contributed by atoms with Gasteiger partial charge in [0.05, 0.1) is 6.61 Å². The van der Waals surface area contributed by atoms with Gasteiger partial charge in [0.1, 0.15) is 11.8 Å². The highest BCUT2D eigenvalue weighted by Crippen LogP contribution is 2.12. The highest BCUT2D eigenvalue weighted by molar-refractivity contribution is 5.75. The number of phenolic OH excluding ortho intramolecular Hbond substituents is 1. The Labute approximate surface area is 88.7 Å². The molecular weight excluding hydrogens is 194 g/mol. The van der Waals surface area contributed by atoms with Crippen LogP contribution in [0.4, 0.5) is 0 Å². The lowest BCUT2D eigenvalue weighted by Crippen LogP contribution is -2.34. The predicted molar refractivity (Wildman–Crippen MR) is 56.4 cm³/mol. The Balaban J connectivity index is 2.58. The van der Waals surface area contributed by atoms with Crippen LogP contribution in [0.15, 0.2) is 24.3 Å². The average Bonchev–Trinajstić information content (AvgIpc) is 2.18. The number of nitrogens with two attached hydrogens (primary N) is 1. The third-order valence-corrected chi connectivity index (χ3v) is 1.96. The molecule has 0 saturated carbocycles. The molecular formula is C11H15NO3. The number of phenols is 1. The SMILES string of the molecule is CCOC(=O)[C@@H](N)Cc1cccc(O)c1. The van der Waals surface area contributed by atoms with Gasteiger partial charge in [-0.15, -0.1) is 0 Å². The van der Waals surface area contributed by atoms with Gasteiger partial charge in [0, 0.05) is 0 Å². The van der Waals surface area contributed by atoms with E-state index in [1.807, 2.05) is 0 Å². The smallest absolute Gasteiger partial charge is 0.323 e. The molecule has 0 aliphatic rings. The topological polar surface area (TPSA) is 72.5 Å². The molecule has 0 unspecified atom stereocenters. The maximum atomic E-state index is 11.2. The average molecular weight is 209 g/mol. The summed E-state index contributed by atoms with van der Waals surface area (Å²) in [6.45, 7) is 2.06. The second-order valence-corrected chi connectivity index (χ2v) is 3.23. The molecule has 0 radical (unpaired) electrons. The first-order valence-electron chi connectivity index (χ1n) is 4.83. The maximum absolute atomic E-state index is 11.2. The first kappa shape index (κ1) is 11.5. The van der Waals surface area contributed by atoms with Crippen molar-refractivity contribution in [3.8, 4) is 5.75 Å². The van der Waals surface area contributed by atoms with Crippen molar-refractivity contribution in [3.05, 3.63) is 29.8 Å². The van der Waals surface area contributed by atoms with E-state index in [0.29, 0.717) is 13.0 Å². The predicted octanol–water partition coefficient (Wildman–Crippen LogP) is 0.825. The molecule has 15 heavy (non-hydrogen) atoms. The van der Waals surface area contributed by atoms with Crippen LogP contribution in [-0.2, 0) is 16.0 Å². The molecule has 0 spiro atoms. The van der Waals surface area contributed by atoms with Crippen molar-refractivity contribution < 1.29 is 14.6 Å². The van der Waals surface area contributed by atoms with Crippen LogP contribution >= 0.6 is 0 Å². The number of hydrogen-bond donors (Lipinski definition) is 2. The summed E-state index contributed by atoms with van der Waals surface area (Å²) in [5.74, 6) is -0.246. The summed E-state index contributed by atoms with van der Waals surface area (Å²) in [6, 6.07) is 5.99. The second-order valence-electron chi connectivity index (χ2n) is 3.23. The summed E-state index contributed by atoms with van der Waals surface area (Å²) in [5, 5.41) is 9.21. The third kappa shape index (κ3) is 3.59. The lowest BCUT2D eigenvalue weighted by atomic mass is 10.1. The Morgan fingerprint density at radius 3 is 2.93 bits per heavy atom. The quantitative estimate of drug-likeness (QED) is 0.720. The van der Waals surface area contributed by atoms with Crippen LogP contribution in [0.2, 0.25) is 0 Å². The zero-order chi connectivity index (χ0) is 11.3. The molecule has 1 rings (SSSR count). The van der Waals surface area contributed by atoms with E-state index in [0.717, 1.165) is 5.56 Å². The van der Waals surface area contributed by atoms with E-state index in [1.54, 1.807) is 31.2 Å². The largest absolute Gasteiger partial charge is 0.508 e. The Morgan fingerprint density at radius 1 is 1.60 bits per heavy atom. The second kappa shape index (κ2) is 5.36. The molecule has 4 nitrogen and oxygen atoms in total. The first-order valence-corrected chi connectivity index (χ1v) is 4.83. The lowest BCUT2D eigenvalue weighted by Gasteiger charge is -2.10. The van der Waals surface area contributed by atoms with Crippen LogP contribution in [-0.4, -0.2) is 23.7 Å². The zero-order valence-electron chi connectivity index (χ0n) is 8.64. The van der Waals surface area contributed by atoms with Crippen molar-refractivity contribution in [3.63, 3.8) is 0 Å². The van der Waals surface area contributed by atoms with Crippen LogP contribution in [0.25, 0.3) is 0 Å². The number of esters is 1. The summed E-state index contributed by atoms with van der Waals surface area (Å²) in [7, 11) is 0. The number of aromatic hydroxyl groups is 1. The first-order chi connectivity index (χ1) is 7.13. The Hall–Kier alpha value is -1.55. The third-order valence-electron chi connectivity index (χ3n) is 1.96. The minimum absolute atomic E-state index is 0.170. The fourth-order valence-electron chi connectivity index (χ4n) is 1.27. The molecule has 3 N–H and O–H groups in total. The Morgan fingerprint density at radius 2 is 2.33 bits per heavy atom. The summed E-state index contributed by atoms with van der Waals surface area (Å²) in [5.41, 5.74) is 6.44. The van der Waals surface area contributed by atoms with Gasteiger partial charge < -0.3 is 15.6 Å². The van der Waals surface area contributed by atoms with Crippen LogP contribution < -0.4 is 5.73 Å². The van der Waals surface area contributed by atoms with E-state index >= 15 is 0 Å². The van der Waals surface area contributed by atoms with Gasteiger partial charge in [-0.05, 0) is 31.0 Å². The Kier molecular flexibility index (Phi) is 4.12. The zero-order valence-corrected chi connectivity index (χ0v) is 8.64. The van der Waals surface area contributed by atoms with Gasteiger partial charge in [0.25, 0.3) is 0 Å². The van der Waals surface area contributed by atoms with E-state index in [-0.39, 0.29) is 5.75 Å². The van der Waals surface area contributed by atoms with Crippen molar-refractivity contribution in [2.24, 2.45) is 5.73 Å². The maximum Gasteiger partial charge on any atom is 0.323 e. The summed E-state index contributed by atoms with van der Waals surface area (Å²) in [6.07, 6.45) is 0.368. The van der Waals surface area contributed by atoms with Crippen LogP contribution in [0, 0.1) is 0 Å². The summed E-state index contributed by atoms with van der Waals surface area (Å²) >= 11 is 0. The van der Waals surface area contributed by atoms with Gasteiger partial charge in [-0.2, -0.15) is 0 Å². The van der Waals surface area contributed by atoms with Crippen LogP contribution in [0.1, 0.15) is 12.5 Å². The van der Waals surface area contributed by atoms with Gasteiger partial charge in [-0.1, -0.05) is 12.1 Å². The fraction of sp³-hybridized carbons (Fsp3) is 0.364. The molecule has 1 aromatic carbocycles. The van der Waals surface area contributed by atoms with Crippen molar-refractivity contribution >= 4 is 5.97 Å². The molecule has 4 heteroatoms. The summed E-state index contributed by atoms with van der Waals surface area (Å²) < 4.78 is 4.78. The number of benzene rings is 1. The number of hydrogen-bond acceptors (Lipinski definition) is 4. The number of carbonyl (C=O) groups is 1. The van der Waals surface area contributed by atoms with Gasteiger partial charge in [0.15, 0.2) is 0 Å². The normalized spacial score (nSPS) is 12.1. The van der Waals surface area contributed by atoms with Crippen molar-refractivity contribution in [1.29, 1.82) is 0 Å². The van der Waals surface area contributed by atoms with Crippen molar-refractivity contribution in [1.82, 2.24) is 0 Å². The molecule has 0 aromatic heterocycles. The van der Waals surface area contributed by atoms with Crippen molar-refractivity contribution in [2.75, 3.05) is 6.61 Å². The molecule has 0 aliphatic heterocycles. The number of ether oxygens (including phenoxy) is 1. The summed E-state index contributed by atoms with van der Waals surface area (Å²) in [4.78, 5) is 11.2. The molecule has 0 saturated heterocycles. The van der Waals surface area contributed by atoms with E-state index in [2.05, 4.69) is 0 Å². The molecule has 0 fully saturated rings. The number of rotatable bonds is 4. The fourth-order valence-corrected chi connectivity index (χ4v) is 1.27. The highest BCUT2D eigenvalue weighted by Gasteiger charge is 2.14. The van der Waals surface area contributed by atoms with Gasteiger partial charge in [-0.3, -0.25) is 4.79 Å². The van der Waals surface area contributed by atoms with Gasteiger partial charge in [0.2, 0.25) is 0 Å². The van der Waals surface area contributed by atoms with E-state index in [4.69, 9.17) is 10.5 Å². The molecule has 0 bridgehead atoms. The van der Waals surface area contributed by atoms with E-state index in [9.17, 15) is 9.90 Å².